The molecule has 22 heavy (non-hydrogen) atoms. The molecule has 0 aliphatic rings. The van der Waals surface area contributed by atoms with E-state index in [2.05, 4.69) is 15.1 Å². The Morgan fingerprint density at radius 3 is 2.23 bits per heavy atom. The fourth-order valence-electron chi connectivity index (χ4n) is 2.35. The first kappa shape index (κ1) is 13.0. The Hall–Kier alpha value is -2.72. The molecule has 0 spiro atoms. The van der Waals surface area contributed by atoms with Crippen molar-refractivity contribution in [1.82, 2.24) is 19.7 Å². The van der Waals surface area contributed by atoms with E-state index in [1.54, 1.807) is 10.9 Å². The van der Waals surface area contributed by atoms with Crippen molar-refractivity contribution in [2.75, 3.05) is 0 Å². The summed E-state index contributed by atoms with van der Waals surface area (Å²) in [4.78, 5) is 9.03. The van der Waals surface area contributed by atoms with E-state index in [0.717, 1.165) is 16.6 Å². The molecular weight excluding hydrogens is 296 g/mol. The summed E-state index contributed by atoms with van der Waals surface area (Å²) in [5.74, 6) is 0.593. The number of benzene rings is 2. The van der Waals surface area contributed by atoms with Crippen LogP contribution in [0.25, 0.3) is 28.1 Å². The number of nitrogens with zero attached hydrogens (tertiary/aromatic N) is 4. The van der Waals surface area contributed by atoms with Gasteiger partial charge < -0.3 is 0 Å². The van der Waals surface area contributed by atoms with Crippen LogP contribution in [0.3, 0.4) is 0 Å². The Morgan fingerprint density at radius 1 is 0.818 bits per heavy atom. The molecule has 0 saturated heterocycles. The predicted molar refractivity (Wildman–Crippen MR) is 87.1 cm³/mol. The van der Waals surface area contributed by atoms with Crippen LogP contribution >= 0.6 is 11.6 Å². The lowest BCUT2D eigenvalue weighted by Crippen LogP contribution is -1.99. The maximum Gasteiger partial charge on any atom is 0.168 e. The molecule has 0 atom stereocenters. The van der Waals surface area contributed by atoms with Crippen molar-refractivity contribution in [2.24, 2.45) is 0 Å². The van der Waals surface area contributed by atoms with Crippen LogP contribution < -0.4 is 0 Å². The number of halogens is 1. The van der Waals surface area contributed by atoms with E-state index < -0.39 is 0 Å². The fraction of sp³-hybridized carbons (Fsp3) is 0. The molecule has 0 amide bonds. The van der Waals surface area contributed by atoms with Crippen LogP contribution in [-0.2, 0) is 0 Å². The van der Waals surface area contributed by atoms with Gasteiger partial charge in [-0.15, -0.1) is 0 Å². The highest BCUT2D eigenvalue weighted by molar-refractivity contribution is 6.34. The molecule has 0 unspecified atom stereocenters. The van der Waals surface area contributed by atoms with E-state index in [-0.39, 0.29) is 0 Å². The quantitative estimate of drug-likeness (QED) is 0.523. The topological polar surface area (TPSA) is 43.6 Å². The lowest BCUT2D eigenvalue weighted by molar-refractivity contribution is 0.896. The van der Waals surface area contributed by atoms with Crippen molar-refractivity contribution in [3.63, 3.8) is 0 Å². The fourth-order valence-corrected chi connectivity index (χ4v) is 2.56. The second kappa shape index (κ2) is 5.24. The number of para-hydroxylation sites is 1. The highest BCUT2D eigenvalue weighted by Gasteiger charge is 2.13. The van der Waals surface area contributed by atoms with Crippen LogP contribution in [0.15, 0.2) is 66.9 Å². The summed E-state index contributed by atoms with van der Waals surface area (Å²) in [7, 11) is 0. The zero-order valence-electron chi connectivity index (χ0n) is 11.5. The average Bonchev–Trinajstić information content (AvgIpc) is 3.01. The molecule has 0 N–H and O–H groups in total. The highest BCUT2D eigenvalue weighted by atomic mass is 35.5. The van der Waals surface area contributed by atoms with Gasteiger partial charge in [0.2, 0.25) is 0 Å². The minimum atomic E-state index is 0.408. The molecule has 0 saturated carbocycles. The minimum absolute atomic E-state index is 0.408. The van der Waals surface area contributed by atoms with Crippen LogP contribution in [-0.4, -0.2) is 19.7 Å². The second-order valence-electron chi connectivity index (χ2n) is 4.83. The first-order chi connectivity index (χ1) is 10.8. The van der Waals surface area contributed by atoms with Crippen LogP contribution in [0.2, 0.25) is 5.15 Å². The average molecular weight is 307 g/mol. The van der Waals surface area contributed by atoms with Gasteiger partial charge in [0.15, 0.2) is 11.5 Å². The Balaban J connectivity index is 1.97. The summed E-state index contributed by atoms with van der Waals surface area (Å²) in [5, 5.41) is 5.54. The summed E-state index contributed by atoms with van der Waals surface area (Å²) in [6.07, 6.45) is 1.69. The van der Waals surface area contributed by atoms with Gasteiger partial charge in [-0.2, -0.15) is 5.10 Å². The molecule has 106 valence electrons. The van der Waals surface area contributed by atoms with Gasteiger partial charge in [-0.25, -0.2) is 14.6 Å². The van der Waals surface area contributed by atoms with E-state index in [1.165, 1.54) is 0 Å². The molecule has 0 fully saturated rings. The van der Waals surface area contributed by atoms with Crippen molar-refractivity contribution in [3.8, 4) is 17.1 Å². The van der Waals surface area contributed by atoms with Gasteiger partial charge in [-0.1, -0.05) is 60.1 Å². The van der Waals surface area contributed by atoms with Gasteiger partial charge in [-0.05, 0) is 12.1 Å². The molecule has 4 rings (SSSR count). The third-order valence-electron chi connectivity index (χ3n) is 3.41. The van der Waals surface area contributed by atoms with E-state index >= 15 is 0 Å². The minimum Gasteiger partial charge on any atom is -0.215 e. The summed E-state index contributed by atoms with van der Waals surface area (Å²) < 4.78 is 1.77. The SMILES string of the molecule is Clc1nc(-c2ccccc2)nc2c1cnn2-c1ccccc1. The third-order valence-corrected chi connectivity index (χ3v) is 3.70. The van der Waals surface area contributed by atoms with Crippen molar-refractivity contribution in [1.29, 1.82) is 0 Å². The van der Waals surface area contributed by atoms with Crippen LogP contribution in [0, 0.1) is 0 Å². The van der Waals surface area contributed by atoms with Gasteiger partial charge in [0.25, 0.3) is 0 Å². The number of hydrogen-bond donors (Lipinski definition) is 0. The Morgan fingerprint density at radius 2 is 1.50 bits per heavy atom. The molecule has 2 aromatic carbocycles. The first-order valence-corrected chi connectivity index (χ1v) is 7.23. The normalized spacial score (nSPS) is 11.0. The summed E-state index contributed by atoms with van der Waals surface area (Å²) in [6.45, 7) is 0. The number of rotatable bonds is 2. The maximum absolute atomic E-state index is 6.31. The maximum atomic E-state index is 6.31. The van der Waals surface area contributed by atoms with E-state index in [0.29, 0.717) is 16.6 Å². The molecule has 0 aliphatic heterocycles. The summed E-state index contributed by atoms with van der Waals surface area (Å²) >= 11 is 6.31. The molecule has 5 heteroatoms. The predicted octanol–water partition coefficient (Wildman–Crippen LogP) is 4.14. The lowest BCUT2D eigenvalue weighted by atomic mass is 10.2. The van der Waals surface area contributed by atoms with Crippen LogP contribution in [0.1, 0.15) is 0 Å². The second-order valence-corrected chi connectivity index (χ2v) is 5.19. The van der Waals surface area contributed by atoms with Crippen molar-refractivity contribution in [3.05, 3.63) is 72.0 Å². The Labute approximate surface area is 132 Å². The molecule has 0 radical (unpaired) electrons. The Bertz CT molecular complexity index is 933. The van der Waals surface area contributed by atoms with Crippen LogP contribution in [0.4, 0.5) is 0 Å². The van der Waals surface area contributed by atoms with Crippen molar-refractivity contribution < 1.29 is 0 Å². The molecule has 0 bridgehead atoms. The number of fused-ring (bicyclic) bond motifs is 1. The molecular formula is C17H11ClN4. The molecule has 2 aromatic heterocycles. The van der Waals surface area contributed by atoms with Gasteiger partial charge in [0.1, 0.15) is 5.15 Å². The summed E-state index contributed by atoms with van der Waals surface area (Å²) in [6, 6.07) is 19.6. The van der Waals surface area contributed by atoms with Gasteiger partial charge in [-0.3, -0.25) is 0 Å². The summed E-state index contributed by atoms with van der Waals surface area (Å²) in [5.41, 5.74) is 2.56. The van der Waals surface area contributed by atoms with Gasteiger partial charge in [0, 0.05) is 5.56 Å². The van der Waals surface area contributed by atoms with E-state index in [1.807, 2.05) is 60.7 Å². The lowest BCUT2D eigenvalue weighted by Gasteiger charge is -2.05. The zero-order valence-corrected chi connectivity index (χ0v) is 12.3. The van der Waals surface area contributed by atoms with E-state index in [4.69, 9.17) is 11.6 Å². The number of hydrogen-bond acceptors (Lipinski definition) is 3. The Kier molecular flexibility index (Phi) is 3.09. The monoisotopic (exact) mass is 306 g/mol. The van der Waals surface area contributed by atoms with Gasteiger partial charge >= 0.3 is 0 Å². The smallest absolute Gasteiger partial charge is 0.168 e. The van der Waals surface area contributed by atoms with E-state index in [9.17, 15) is 0 Å². The number of aromatic nitrogens is 4. The molecule has 4 aromatic rings. The highest BCUT2D eigenvalue weighted by Crippen LogP contribution is 2.26. The first-order valence-electron chi connectivity index (χ1n) is 6.85. The molecule has 2 heterocycles. The van der Waals surface area contributed by atoms with Gasteiger partial charge in [0.05, 0.1) is 17.3 Å². The standard InChI is InChI=1S/C17H11ClN4/c18-15-14-11-19-22(13-9-5-2-6-10-13)17(14)21-16(20-15)12-7-3-1-4-8-12/h1-11H. The zero-order chi connectivity index (χ0) is 14.9. The van der Waals surface area contributed by atoms with Crippen molar-refractivity contribution in [2.45, 2.75) is 0 Å². The molecule has 0 aliphatic carbocycles. The van der Waals surface area contributed by atoms with Crippen molar-refractivity contribution >= 4 is 22.6 Å². The third kappa shape index (κ3) is 2.14. The molecule has 4 nitrogen and oxygen atoms in total. The largest absolute Gasteiger partial charge is 0.215 e. The van der Waals surface area contributed by atoms with Crippen LogP contribution in [0.5, 0.6) is 0 Å².